The fourth-order valence-electron chi connectivity index (χ4n) is 1.64. The van der Waals surface area contributed by atoms with E-state index in [1.54, 1.807) is 0 Å². The van der Waals surface area contributed by atoms with E-state index in [0.717, 1.165) is 38.1 Å². The van der Waals surface area contributed by atoms with Crippen molar-refractivity contribution in [2.24, 2.45) is 10.9 Å². The summed E-state index contributed by atoms with van der Waals surface area (Å²) in [6.07, 6.45) is 2.42. The second-order valence-corrected chi connectivity index (χ2v) is 5.80. The van der Waals surface area contributed by atoms with Gasteiger partial charge in [-0.15, -0.1) is 0 Å². The summed E-state index contributed by atoms with van der Waals surface area (Å²) < 4.78 is 0. The Hall–Kier alpha value is -0.770. The van der Waals surface area contributed by atoms with Crippen LogP contribution < -0.4 is 10.6 Å². The van der Waals surface area contributed by atoms with Crippen LogP contribution in [0.2, 0.25) is 0 Å². The molecule has 2 N–H and O–H groups in total. The minimum absolute atomic E-state index is 0.590. The molecule has 0 saturated carbocycles. The van der Waals surface area contributed by atoms with E-state index in [-0.39, 0.29) is 0 Å². The van der Waals surface area contributed by atoms with Crippen molar-refractivity contribution in [3.8, 4) is 0 Å². The first-order valence-corrected chi connectivity index (χ1v) is 7.69. The van der Waals surface area contributed by atoms with E-state index in [9.17, 15) is 0 Å². The van der Waals surface area contributed by atoms with E-state index < -0.39 is 0 Å². The van der Waals surface area contributed by atoms with Crippen molar-refractivity contribution in [2.75, 3.05) is 33.2 Å². The minimum Gasteiger partial charge on any atom is -0.357 e. The zero-order valence-electron chi connectivity index (χ0n) is 13.8. The van der Waals surface area contributed by atoms with Gasteiger partial charge < -0.3 is 15.5 Å². The summed E-state index contributed by atoms with van der Waals surface area (Å²) in [7, 11) is 2.15. The maximum atomic E-state index is 4.60. The van der Waals surface area contributed by atoms with E-state index in [2.05, 4.69) is 62.2 Å². The van der Waals surface area contributed by atoms with Gasteiger partial charge in [-0.05, 0) is 46.6 Å². The predicted octanol–water partition coefficient (Wildman–Crippen LogP) is 2.32. The highest BCUT2D eigenvalue weighted by atomic mass is 15.2. The summed E-state index contributed by atoms with van der Waals surface area (Å²) in [5.41, 5.74) is 0. The quantitative estimate of drug-likeness (QED) is 0.384. The SMILES string of the molecule is CCNC(=NCCCC(C)C)NCCN(C)C(C)C. The van der Waals surface area contributed by atoms with Crippen molar-refractivity contribution in [2.45, 2.75) is 53.5 Å². The van der Waals surface area contributed by atoms with Crippen molar-refractivity contribution in [3.63, 3.8) is 0 Å². The lowest BCUT2D eigenvalue weighted by molar-refractivity contribution is 0.278. The normalized spacial score (nSPS) is 12.6. The molecule has 0 aromatic rings. The zero-order valence-corrected chi connectivity index (χ0v) is 13.8. The molecule has 4 heteroatoms. The molecule has 0 spiro atoms. The third kappa shape index (κ3) is 10.8. The predicted molar refractivity (Wildman–Crippen MR) is 85.8 cm³/mol. The average Bonchev–Trinajstić information content (AvgIpc) is 2.33. The topological polar surface area (TPSA) is 39.7 Å². The molecule has 0 bridgehead atoms. The molecule has 0 rings (SSSR count). The molecule has 0 aliphatic heterocycles. The van der Waals surface area contributed by atoms with Crippen molar-refractivity contribution >= 4 is 5.96 Å². The molecule has 0 unspecified atom stereocenters. The van der Waals surface area contributed by atoms with Crippen LogP contribution in [0.15, 0.2) is 4.99 Å². The molecular weight excluding hydrogens is 236 g/mol. The average molecular weight is 270 g/mol. The highest BCUT2D eigenvalue weighted by Gasteiger charge is 2.03. The summed E-state index contributed by atoms with van der Waals surface area (Å²) in [6, 6.07) is 0.590. The fraction of sp³-hybridized carbons (Fsp3) is 0.933. The number of guanidine groups is 1. The van der Waals surface area contributed by atoms with E-state index in [0.29, 0.717) is 6.04 Å². The van der Waals surface area contributed by atoms with Crippen LogP contribution in [0.1, 0.15) is 47.5 Å². The molecule has 0 heterocycles. The van der Waals surface area contributed by atoms with E-state index >= 15 is 0 Å². The highest BCUT2D eigenvalue weighted by Crippen LogP contribution is 2.02. The van der Waals surface area contributed by atoms with Gasteiger partial charge in [-0.3, -0.25) is 4.99 Å². The fourth-order valence-corrected chi connectivity index (χ4v) is 1.64. The van der Waals surface area contributed by atoms with Crippen molar-refractivity contribution < 1.29 is 0 Å². The van der Waals surface area contributed by atoms with Crippen LogP contribution in [0.25, 0.3) is 0 Å². The molecule has 0 radical (unpaired) electrons. The first kappa shape index (κ1) is 18.2. The van der Waals surface area contributed by atoms with Crippen molar-refractivity contribution in [1.82, 2.24) is 15.5 Å². The molecular formula is C15H34N4. The van der Waals surface area contributed by atoms with E-state index in [1.807, 2.05) is 0 Å². The first-order chi connectivity index (χ1) is 8.97. The summed E-state index contributed by atoms with van der Waals surface area (Å²) in [6.45, 7) is 14.8. The Balaban J connectivity index is 3.93. The summed E-state index contributed by atoms with van der Waals surface area (Å²) in [5, 5.41) is 6.69. The lowest BCUT2D eigenvalue weighted by Crippen LogP contribution is -2.42. The van der Waals surface area contributed by atoms with Crippen LogP contribution in [0.3, 0.4) is 0 Å². The van der Waals surface area contributed by atoms with Gasteiger partial charge >= 0.3 is 0 Å². The molecule has 0 aliphatic carbocycles. The van der Waals surface area contributed by atoms with Crippen LogP contribution in [0.4, 0.5) is 0 Å². The van der Waals surface area contributed by atoms with Gasteiger partial charge in [0.15, 0.2) is 5.96 Å². The third-order valence-corrected chi connectivity index (χ3v) is 3.19. The number of likely N-dealkylation sites (N-methyl/N-ethyl adjacent to an activating group) is 1. The van der Waals surface area contributed by atoms with E-state index in [4.69, 9.17) is 0 Å². The lowest BCUT2D eigenvalue weighted by Gasteiger charge is -2.21. The Kier molecular flexibility index (Phi) is 10.6. The molecule has 0 saturated heterocycles. The van der Waals surface area contributed by atoms with Gasteiger partial charge in [-0.1, -0.05) is 13.8 Å². The summed E-state index contributed by atoms with van der Waals surface area (Å²) in [4.78, 5) is 6.93. The van der Waals surface area contributed by atoms with Crippen LogP contribution in [0.5, 0.6) is 0 Å². The Bertz CT molecular complexity index is 236. The summed E-state index contributed by atoms with van der Waals surface area (Å²) >= 11 is 0. The molecule has 0 aromatic carbocycles. The second-order valence-electron chi connectivity index (χ2n) is 5.80. The minimum atomic E-state index is 0.590. The van der Waals surface area contributed by atoms with E-state index in [1.165, 1.54) is 12.8 Å². The number of aliphatic imine (C=N–C) groups is 1. The van der Waals surface area contributed by atoms with Gasteiger partial charge in [0, 0.05) is 32.2 Å². The molecule has 0 amide bonds. The Morgan fingerprint density at radius 3 is 2.37 bits per heavy atom. The molecule has 4 nitrogen and oxygen atoms in total. The van der Waals surface area contributed by atoms with Gasteiger partial charge in [0.05, 0.1) is 0 Å². The van der Waals surface area contributed by atoms with Crippen LogP contribution in [-0.2, 0) is 0 Å². The molecule has 19 heavy (non-hydrogen) atoms. The van der Waals surface area contributed by atoms with Gasteiger partial charge in [0.1, 0.15) is 0 Å². The molecule has 0 aromatic heterocycles. The largest absolute Gasteiger partial charge is 0.357 e. The molecule has 0 fully saturated rings. The Morgan fingerprint density at radius 2 is 1.84 bits per heavy atom. The van der Waals surface area contributed by atoms with Crippen LogP contribution in [-0.4, -0.2) is 50.1 Å². The molecule has 114 valence electrons. The monoisotopic (exact) mass is 270 g/mol. The molecule has 0 atom stereocenters. The number of nitrogens with one attached hydrogen (secondary N) is 2. The number of rotatable bonds is 9. The highest BCUT2D eigenvalue weighted by molar-refractivity contribution is 5.79. The maximum Gasteiger partial charge on any atom is 0.191 e. The Morgan fingerprint density at radius 1 is 1.16 bits per heavy atom. The standard InChI is InChI=1S/C15H34N4/c1-7-16-15(17-10-8-9-13(2)3)18-11-12-19(6)14(4)5/h13-14H,7-12H2,1-6H3,(H2,16,17,18). The van der Waals surface area contributed by atoms with Crippen molar-refractivity contribution in [3.05, 3.63) is 0 Å². The third-order valence-electron chi connectivity index (χ3n) is 3.19. The second kappa shape index (κ2) is 11.1. The van der Waals surface area contributed by atoms with Gasteiger partial charge in [-0.2, -0.15) is 0 Å². The maximum absolute atomic E-state index is 4.60. The van der Waals surface area contributed by atoms with Crippen LogP contribution >= 0.6 is 0 Å². The van der Waals surface area contributed by atoms with Gasteiger partial charge in [-0.25, -0.2) is 0 Å². The number of hydrogen-bond donors (Lipinski definition) is 2. The Labute approximate surface area is 120 Å². The molecule has 0 aliphatic rings. The first-order valence-electron chi connectivity index (χ1n) is 7.69. The summed E-state index contributed by atoms with van der Waals surface area (Å²) in [5.74, 6) is 1.72. The van der Waals surface area contributed by atoms with Crippen LogP contribution in [0, 0.1) is 5.92 Å². The zero-order chi connectivity index (χ0) is 14.7. The number of hydrogen-bond acceptors (Lipinski definition) is 2. The number of nitrogens with zero attached hydrogens (tertiary/aromatic N) is 2. The smallest absolute Gasteiger partial charge is 0.191 e. The van der Waals surface area contributed by atoms with Gasteiger partial charge in [0.2, 0.25) is 0 Å². The lowest BCUT2D eigenvalue weighted by atomic mass is 10.1. The van der Waals surface area contributed by atoms with Crippen molar-refractivity contribution in [1.29, 1.82) is 0 Å². The van der Waals surface area contributed by atoms with Gasteiger partial charge in [0.25, 0.3) is 0 Å².